The van der Waals surface area contributed by atoms with E-state index < -0.39 is 29.7 Å². The van der Waals surface area contributed by atoms with Crippen molar-refractivity contribution in [1.29, 1.82) is 0 Å². The highest BCUT2D eigenvalue weighted by Crippen LogP contribution is 2.27. The number of esters is 3. The zero-order valence-corrected chi connectivity index (χ0v) is 27.4. The zero-order valence-electron chi connectivity index (χ0n) is 27.4. The van der Waals surface area contributed by atoms with Crippen molar-refractivity contribution < 1.29 is 38.1 Å². The maximum atomic E-state index is 13.1. The molecule has 0 heterocycles. The third-order valence-electron chi connectivity index (χ3n) is 7.35. The maximum absolute atomic E-state index is 13.1. The highest BCUT2D eigenvalue weighted by Gasteiger charge is 2.34. The van der Waals surface area contributed by atoms with Crippen molar-refractivity contribution in [2.75, 3.05) is 6.79 Å². The van der Waals surface area contributed by atoms with Crippen molar-refractivity contribution in [3.8, 4) is 0 Å². The van der Waals surface area contributed by atoms with E-state index in [1.165, 1.54) is 0 Å². The molecule has 0 bridgehead atoms. The summed E-state index contributed by atoms with van der Waals surface area (Å²) in [6.45, 7) is 19.1. The number of rotatable bonds is 18. The highest BCUT2D eigenvalue weighted by molar-refractivity contribution is 5.90. The number of hydrogen-bond acceptors (Lipinski definition) is 8. The van der Waals surface area contributed by atoms with Gasteiger partial charge in [-0.3, -0.25) is 4.79 Å². The van der Waals surface area contributed by atoms with Gasteiger partial charge in [0.05, 0.1) is 12.7 Å². The van der Waals surface area contributed by atoms with Gasteiger partial charge in [0.25, 0.3) is 0 Å². The Morgan fingerprint density at radius 2 is 1.52 bits per heavy atom. The molecule has 8 heteroatoms. The molecular formula is C34H54O8. The van der Waals surface area contributed by atoms with Crippen LogP contribution in [0.25, 0.3) is 0 Å². The molecule has 6 atom stereocenters. The number of ether oxygens (including phenoxy) is 5. The number of carbonyl (C=O) groups is 3. The van der Waals surface area contributed by atoms with Gasteiger partial charge in [-0.2, -0.15) is 0 Å². The summed E-state index contributed by atoms with van der Waals surface area (Å²) >= 11 is 0. The first-order valence-corrected chi connectivity index (χ1v) is 15.3. The minimum Gasteiger partial charge on any atom is -0.462 e. The Bertz CT molecular complexity index is 981. The van der Waals surface area contributed by atoms with Gasteiger partial charge in [-0.05, 0) is 52.0 Å². The second-order valence-corrected chi connectivity index (χ2v) is 12.1. The van der Waals surface area contributed by atoms with E-state index >= 15 is 0 Å². The SMILES string of the molecule is CCC(=O)O[C@@H]([C@@H](C)[C@H](C/C=C(\C)C(=O)O[C@@H](C(=O)OC(C)(C)C)[C@@H](C)CC)OCOCc1ccccc1)[C@@H](C)CC. The first-order chi connectivity index (χ1) is 19.7. The van der Waals surface area contributed by atoms with Crippen molar-refractivity contribution in [2.45, 2.75) is 125 Å². The Morgan fingerprint density at radius 1 is 0.905 bits per heavy atom. The van der Waals surface area contributed by atoms with E-state index in [-0.39, 0.29) is 43.0 Å². The second kappa shape index (κ2) is 18.7. The smallest absolute Gasteiger partial charge is 0.348 e. The molecule has 0 radical (unpaired) electrons. The molecule has 238 valence electrons. The Kier molecular flexibility index (Phi) is 16.7. The fourth-order valence-electron chi connectivity index (χ4n) is 4.28. The fourth-order valence-corrected chi connectivity index (χ4v) is 4.28. The van der Waals surface area contributed by atoms with E-state index in [0.717, 1.165) is 12.0 Å². The summed E-state index contributed by atoms with van der Waals surface area (Å²) in [5, 5.41) is 0. The summed E-state index contributed by atoms with van der Waals surface area (Å²) in [5.74, 6) is -1.71. The third kappa shape index (κ3) is 13.5. The molecule has 0 saturated heterocycles. The Hall–Kier alpha value is -2.71. The molecule has 0 aromatic heterocycles. The van der Waals surface area contributed by atoms with E-state index in [2.05, 4.69) is 13.8 Å². The standard InChI is InChI=1S/C34H54O8/c1-11-23(4)30(40-29(35)13-3)26(7)28(39-22-38-21-27-17-15-14-16-18-27)20-19-25(6)32(36)41-31(24(5)12-2)33(37)42-34(8,9)10/h14-19,23-24,26,28,30-31H,11-13,20-22H2,1-10H3/b25-19+/t23-,24-,26-,28-,30+,31+/m0/s1. The van der Waals surface area contributed by atoms with Crippen molar-refractivity contribution in [3.63, 3.8) is 0 Å². The van der Waals surface area contributed by atoms with Crippen molar-refractivity contribution >= 4 is 17.9 Å². The lowest BCUT2D eigenvalue weighted by Crippen LogP contribution is -2.39. The summed E-state index contributed by atoms with van der Waals surface area (Å²) in [4.78, 5) is 38.2. The van der Waals surface area contributed by atoms with Gasteiger partial charge < -0.3 is 23.7 Å². The Labute approximate surface area is 253 Å². The first kappa shape index (κ1) is 37.3. The molecule has 0 aliphatic rings. The first-order valence-electron chi connectivity index (χ1n) is 15.3. The molecule has 1 aromatic rings. The lowest BCUT2D eigenvalue weighted by molar-refractivity contribution is -0.177. The highest BCUT2D eigenvalue weighted by atomic mass is 16.7. The second-order valence-electron chi connectivity index (χ2n) is 12.1. The molecule has 0 saturated carbocycles. The van der Waals surface area contributed by atoms with Crippen molar-refractivity contribution in [3.05, 3.63) is 47.5 Å². The van der Waals surface area contributed by atoms with E-state index in [1.807, 2.05) is 51.1 Å². The predicted octanol–water partition coefficient (Wildman–Crippen LogP) is 7.19. The Morgan fingerprint density at radius 3 is 2.07 bits per heavy atom. The zero-order chi connectivity index (χ0) is 31.9. The largest absolute Gasteiger partial charge is 0.462 e. The topological polar surface area (TPSA) is 97.4 Å². The van der Waals surface area contributed by atoms with Gasteiger partial charge in [0.2, 0.25) is 6.10 Å². The van der Waals surface area contributed by atoms with E-state index in [0.29, 0.717) is 25.0 Å². The van der Waals surface area contributed by atoms with Crippen LogP contribution in [0.15, 0.2) is 42.0 Å². The summed E-state index contributed by atoms with van der Waals surface area (Å²) in [7, 11) is 0. The van der Waals surface area contributed by atoms with Gasteiger partial charge in [-0.15, -0.1) is 0 Å². The van der Waals surface area contributed by atoms with Gasteiger partial charge in [-0.1, -0.05) is 84.4 Å². The molecule has 0 aliphatic heterocycles. The molecule has 0 amide bonds. The molecular weight excluding hydrogens is 536 g/mol. The third-order valence-corrected chi connectivity index (χ3v) is 7.35. The number of hydrogen-bond donors (Lipinski definition) is 0. The van der Waals surface area contributed by atoms with E-state index in [9.17, 15) is 14.4 Å². The molecule has 0 N–H and O–H groups in total. The van der Waals surface area contributed by atoms with Crippen LogP contribution >= 0.6 is 0 Å². The average molecular weight is 591 g/mol. The predicted molar refractivity (Wildman–Crippen MR) is 163 cm³/mol. The minimum absolute atomic E-state index is 0.0327. The lowest BCUT2D eigenvalue weighted by atomic mass is 9.86. The fraction of sp³-hybridized carbons (Fsp3) is 0.676. The molecule has 1 aromatic carbocycles. The normalized spacial score (nSPS) is 16.5. The van der Waals surface area contributed by atoms with E-state index in [1.54, 1.807) is 40.7 Å². The van der Waals surface area contributed by atoms with Gasteiger partial charge >= 0.3 is 17.9 Å². The summed E-state index contributed by atoms with van der Waals surface area (Å²) in [6.07, 6.45) is 2.06. The molecule has 0 fully saturated rings. The lowest BCUT2D eigenvalue weighted by Gasteiger charge is -2.33. The van der Waals surface area contributed by atoms with Crippen molar-refractivity contribution in [2.24, 2.45) is 17.8 Å². The van der Waals surface area contributed by atoms with Crippen LogP contribution in [-0.2, 0) is 44.7 Å². The van der Waals surface area contributed by atoms with Crippen LogP contribution < -0.4 is 0 Å². The van der Waals surface area contributed by atoms with Gasteiger partial charge in [-0.25, -0.2) is 9.59 Å². The number of carbonyl (C=O) groups excluding carboxylic acids is 3. The molecule has 42 heavy (non-hydrogen) atoms. The molecule has 0 spiro atoms. The monoisotopic (exact) mass is 590 g/mol. The molecule has 1 rings (SSSR count). The van der Waals surface area contributed by atoms with Gasteiger partial charge in [0, 0.05) is 23.8 Å². The molecule has 0 unspecified atom stereocenters. The van der Waals surface area contributed by atoms with Crippen LogP contribution in [0.3, 0.4) is 0 Å². The Balaban J connectivity index is 3.09. The molecule has 0 aliphatic carbocycles. The van der Waals surface area contributed by atoms with Crippen LogP contribution in [0, 0.1) is 17.8 Å². The van der Waals surface area contributed by atoms with Crippen LogP contribution in [0.5, 0.6) is 0 Å². The summed E-state index contributed by atoms with van der Waals surface area (Å²) in [5.41, 5.74) is 0.680. The van der Waals surface area contributed by atoms with Crippen LogP contribution in [0.4, 0.5) is 0 Å². The molecule has 8 nitrogen and oxygen atoms in total. The van der Waals surface area contributed by atoms with Crippen LogP contribution in [0.1, 0.15) is 100 Å². The minimum atomic E-state index is -1.01. The average Bonchev–Trinajstić information content (AvgIpc) is 2.96. The number of benzene rings is 1. The van der Waals surface area contributed by atoms with E-state index in [4.69, 9.17) is 23.7 Å². The summed E-state index contributed by atoms with van der Waals surface area (Å²) in [6, 6.07) is 9.80. The quantitative estimate of drug-likeness (QED) is 0.0583. The van der Waals surface area contributed by atoms with Crippen molar-refractivity contribution in [1.82, 2.24) is 0 Å². The van der Waals surface area contributed by atoms with Gasteiger partial charge in [0.15, 0.2) is 0 Å². The van der Waals surface area contributed by atoms with Gasteiger partial charge in [0.1, 0.15) is 18.5 Å². The summed E-state index contributed by atoms with van der Waals surface area (Å²) < 4.78 is 29.0. The van der Waals surface area contributed by atoms with Crippen LogP contribution in [-0.4, -0.2) is 48.6 Å². The maximum Gasteiger partial charge on any atom is 0.348 e. The van der Waals surface area contributed by atoms with Crippen LogP contribution in [0.2, 0.25) is 0 Å².